The summed E-state index contributed by atoms with van der Waals surface area (Å²) < 4.78 is 25.6. The number of rotatable bonds is 6. The van der Waals surface area contributed by atoms with Crippen LogP contribution in [0.5, 0.6) is 0 Å². The van der Waals surface area contributed by atoms with Crippen molar-refractivity contribution in [2.45, 2.75) is 43.9 Å². The second kappa shape index (κ2) is 4.39. The van der Waals surface area contributed by atoms with Crippen molar-refractivity contribution < 1.29 is 8.42 Å². The maximum absolute atomic E-state index is 11.5. The summed E-state index contributed by atoms with van der Waals surface area (Å²) in [5.41, 5.74) is 5.46. The molecule has 1 unspecified atom stereocenters. The van der Waals surface area contributed by atoms with Crippen LogP contribution in [0.2, 0.25) is 0 Å². The van der Waals surface area contributed by atoms with Crippen molar-refractivity contribution in [3.8, 4) is 0 Å². The monoisotopic (exact) mass is 206 g/mol. The quantitative estimate of drug-likeness (QED) is 0.652. The molecule has 78 valence electrons. The van der Waals surface area contributed by atoms with E-state index in [1.165, 1.54) is 0 Å². The third-order valence-electron chi connectivity index (χ3n) is 2.22. The molecule has 0 aliphatic heterocycles. The zero-order valence-electron chi connectivity index (χ0n) is 7.99. The Kier molecular flexibility index (Phi) is 3.70. The van der Waals surface area contributed by atoms with Crippen LogP contribution in [0.4, 0.5) is 0 Å². The van der Waals surface area contributed by atoms with Crippen LogP contribution in [0.3, 0.4) is 0 Å². The van der Waals surface area contributed by atoms with Crippen molar-refractivity contribution >= 4 is 10.0 Å². The summed E-state index contributed by atoms with van der Waals surface area (Å²) in [6.07, 6.45) is 3.38. The molecule has 1 aliphatic carbocycles. The van der Waals surface area contributed by atoms with Gasteiger partial charge in [-0.05, 0) is 19.3 Å². The highest BCUT2D eigenvalue weighted by molar-refractivity contribution is 7.90. The van der Waals surface area contributed by atoms with Crippen LogP contribution in [-0.2, 0) is 10.0 Å². The van der Waals surface area contributed by atoms with Gasteiger partial charge in [0, 0.05) is 12.6 Å². The predicted octanol–water partition coefficient (Wildman–Crippen LogP) is 0.196. The van der Waals surface area contributed by atoms with E-state index in [0.29, 0.717) is 6.54 Å². The van der Waals surface area contributed by atoms with Crippen molar-refractivity contribution in [3.05, 3.63) is 0 Å². The third kappa shape index (κ3) is 3.25. The van der Waals surface area contributed by atoms with E-state index in [1.54, 1.807) is 0 Å². The second-order valence-electron chi connectivity index (χ2n) is 3.58. The van der Waals surface area contributed by atoms with Gasteiger partial charge in [0.05, 0.1) is 5.25 Å². The Morgan fingerprint density at radius 3 is 2.54 bits per heavy atom. The molecule has 0 bridgehead atoms. The van der Waals surface area contributed by atoms with Crippen molar-refractivity contribution in [3.63, 3.8) is 0 Å². The maximum atomic E-state index is 11.5. The molecule has 1 fully saturated rings. The van der Waals surface area contributed by atoms with Gasteiger partial charge in [0.2, 0.25) is 10.0 Å². The van der Waals surface area contributed by atoms with Gasteiger partial charge in [0.1, 0.15) is 0 Å². The molecule has 0 aromatic rings. The van der Waals surface area contributed by atoms with Crippen molar-refractivity contribution in [1.82, 2.24) is 4.72 Å². The van der Waals surface area contributed by atoms with E-state index >= 15 is 0 Å². The first-order valence-electron chi connectivity index (χ1n) is 4.81. The SMILES string of the molecule is CCCC(CN)NS(=O)(=O)C1CC1. The zero-order valence-corrected chi connectivity index (χ0v) is 8.81. The highest BCUT2D eigenvalue weighted by atomic mass is 32.2. The first kappa shape index (κ1) is 10.9. The highest BCUT2D eigenvalue weighted by Gasteiger charge is 2.36. The van der Waals surface area contributed by atoms with Crippen molar-refractivity contribution in [2.75, 3.05) is 6.54 Å². The van der Waals surface area contributed by atoms with Gasteiger partial charge in [-0.2, -0.15) is 0 Å². The van der Waals surface area contributed by atoms with Crippen LogP contribution in [0.25, 0.3) is 0 Å². The van der Waals surface area contributed by atoms with Crippen LogP contribution in [-0.4, -0.2) is 26.3 Å². The molecule has 0 aromatic carbocycles. The normalized spacial score (nSPS) is 20.2. The standard InChI is InChI=1S/C8H18N2O2S/c1-2-3-7(6-9)10-13(11,12)8-4-5-8/h7-8,10H,2-6,9H2,1H3. The molecule has 0 amide bonds. The Labute approximate surface area is 79.9 Å². The molecule has 0 saturated heterocycles. The number of hydrogen-bond donors (Lipinski definition) is 2. The van der Waals surface area contributed by atoms with Crippen LogP contribution in [0.15, 0.2) is 0 Å². The van der Waals surface area contributed by atoms with Gasteiger partial charge in [-0.15, -0.1) is 0 Å². The van der Waals surface area contributed by atoms with Crippen LogP contribution in [0.1, 0.15) is 32.6 Å². The molecule has 1 atom stereocenters. The Hall–Kier alpha value is -0.130. The molecular weight excluding hydrogens is 188 g/mol. The molecule has 5 heteroatoms. The summed E-state index contributed by atoms with van der Waals surface area (Å²) in [5.74, 6) is 0. The molecule has 4 nitrogen and oxygen atoms in total. The van der Waals surface area contributed by atoms with Gasteiger partial charge in [0.15, 0.2) is 0 Å². The molecule has 1 saturated carbocycles. The van der Waals surface area contributed by atoms with Crippen molar-refractivity contribution in [1.29, 1.82) is 0 Å². The minimum atomic E-state index is -3.05. The summed E-state index contributed by atoms with van der Waals surface area (Å²) in [6, 6.07) is -0.0735. The van der Waals surface area contributed by atoms with E-state index in [4.69, 9.17) is 5.73 Å². The fourth-order valence-electron chi connectivity index (χ4n) is 1.28. The van der Waals surface area contributed by atoms with Crippen LogP contribution < -0.4 is 10.5 Å². The lowest BCUT2D eigenvalue weighted by Gasteiger charge is -2.15. The minimum Gasteiger partial charge on any atom is -0.329 e. The molecule has 3 N–H and O–H groups in total. The van der Waals surface area contributed by atoms with E-state index in [2.05, 4.69) is 4.72 Å². The van der Waals surface area contributed by atoms with E-state index in [-0.39, 0.29) is 11.3 Å². The zero-order chi connectivity index (χ0) is 9.90. The molecule has 0 spiro atoms. The average Bonchev–Trinajstić information content (AvgIpc) is 2.85. The van der Waals surface area contributed by atoms with Gasteiger partial charge >= 0.3 is 0 Å². The number of nitrogens with two attached hydrogens (primary N) is 1. The molecule has 0 heterocycles. The molecule has 1 aliphatic rings. The fourth-order valence-corrected chi connectivity index (χ4v) is 2.91. The predicted molar refractivity (Wildman–Crippen MR) is 52.8 cm³/mol. The van der Waals surface area contributed by atoms with Gasteiger partial charge in [-0.1, -0.05) is 13.3 Å². The van der Waals surface area contributed by atoms with Gasteiger partial charge in [0.25, 0.3) is 0 Å². The molecular formula is C8H18N2O2S. The van der Waals surface area contributed by atoms with Gasteiger partial charge in [-0.3, -0.25) is 0 Å². The average molecular weight is 206 g/mol. The summed E-state index contributed by atoms with van der Waals surface area (Å²) in [5, 5.41) is -0.140. The highest BCUT2D eigenvalue weighted by Crippen LogP contribution is 2.27. The van der Waals surface area contributed by atoms with E-state index in [1.807, 2.05) is 6.92 Å². The first-order chi connectivity index (χ1) is 6.10. The third-order valence-corrected chi connectivity index (χ3v) is 4.23. The first-order valence-corrected chi connectivity index (χ1v) is 6.36. The summed E-state index contributed by atoms with van der Waals surface area (Å²) in [6.45, 7) is 2.41. The molecule has 0 radical (unpaired) electrons. The second-order valence-corrected chi connectivity index (χ2v) is 5.58. The minimum absolute atomic E-state index is 0.0735. The molecule has 0 aromatic heterocycles. The summed E-state index contributed by atoms with van der Waals surface area (Å²) in [7, 11) is -3.05. The Bertz CT molecular complexity index is 247. The van der Waals surface area contributed by atoms with Crippen molar-refractivity contribution in [2.24, 2.45) is 5.73 Å². The fraction of sp³-hybridized carbons (Fsp3) is 1.00. The Morgan fingerprint density at radius 1 is 1.54 bits per heavy atom. The lowest BCUT2D eigenvalue weighted by atomic mass is 10.2. The van der Waals surface area contributed by atoms with Gasteiger partial charge < -0.3 is 5.73 Å². The van der Waals surface area contributed by atoms with E-state index in [9.17, 15) is 8.42 Å². The Balaban J connectivity index is 2.44. The van der Waals surface area contributed by atoms with E-state index in [0.717, 1.165) is 25.7 Å². The smallest absolute Gasteiger partial charge is 0.214 e. The van der Waals surface area contributed by atoms with Crippen LogP contribution >= 0.6 is 0 Å². The van der Waals surface area contributed by atoms with E-state index < -0.39 is 10.0 Å². The number of nitrogens with one attached hydrogen (secondary N) is 1. The number of sulfonamides is 1. The Morgan fingerprint density at radius 2 is 2.15 bits per heavy atom. The lowest BCUT2D eigenvalue weighted by molar-refractivity contribution is 0.526. The maximum Gasteiger partial charge on any atom is 0.214 e. The number of hydrogen-bond acceptors (Lipinski definition) is 3. The topological polar surface area (TPSA) is 72.2 Å². The molecule has 1 rings (SSSR count). The summed E-state index contributed by atoms with van der Waals surface area (Å²) in [4.78, 5) is 0. The molecule has 13 heavy (non-hydrogen) atoms. The lowest BCUT2D eigenvalue weighted by Crippen LogP contribution is -2.41. The van der Waals surface area contributed by atoms with Gasteiger partial charge in [-0.25, -0.2) is 13.1 Å². The summed E-state index contributed by atoms with van der Waals surface area (Å²) >= 11 is 0. The van der Waals surface area contributed by atoms with Crippen LogP contribution in [0, 0.1) is 0 Å². The largest absolute Gasteiger partial charge is 0.329 e.